The first kappa shape index (κ1) is 12.0. The fraction of sp³-hybridized carbons (Fsp3) is 0.250. The number of halogens is 2. The molecule has 74 valence electrons. The second kappa shape index (κ2) is 4.30. The molecule has 0 heterocycles. The molecule has 13 heavy (non-hydrogen) atoms. The minimum Gasteiger partial charge on any atom is -0.505 e. The zero-order valence-corrected chi connectivity index (χ0v) is 7.94. The Labute approximate surface area is 82.0 Å². The Morgan fingerprint density at radius 3 is 2.46 bits per heavy atom. The third kappa shape index (κ3) is 2.47. The first-order valence-corrected chi connectivity index (χ1v) is 3.56. The summed E-state index contributed by atoms with van der Waals surface area (Å²) in [6, 6.07) is 1.81. The number of hydrogen-bond donors (Lipinski definition) is 3. The van der Waals surface area contributed by atoms with Crippen molar-refractivity contribution < 1.29 is 9.50 Å². The van der Waals surface area contributed by atoms with Gasteiger partial charge in [-0.25, -0.2) is 4.39 Å². The van der Waals surface area contributed by atoms with Crippen LogP contribution in [0.2, 0.25) is 0 Å². The van der Waals surface area contributed by atoms with Gasteiger partial charge >= 0.3 is 0 Å². The molecule has 0 aliphatic carbocycles. The molecule has 0 aliphatic heterocycles. The van der Waals surface area contributed by atoms with Crippen LogP contribution in [-0.4, -0.2) is 5.11 Å². The van der Waals surface area contributed by atoms with Gasteiger partial charge in [-0.05, 0) is 13.0 Å². The maximum absolute atomic E-state index is 12.7. The van der Waals surface area contributed by atoms with Crippen molar-refractivity contribution in [2.24, 2.45) is 5.73 Å². The van der Waals surface area contributed by atoms with Gasteiger partial charge in [0.1, 0.15) is 11.6 Å². The molecular formula is C8H12ClFN2O. The molecular weight excluding hydrogens is 195 g/mol. The molecule has 5 N–H and O–H groups in total. The molecule has 0 unspecified atom stereocenters. The standard InChI is InChI=1S/C8H11FN2O.ClH/c1-4(10)6-2-5(9)3-7(11)8(6)12;/h2-4,12H,10-11H2,1H3;1H/t4-;/m0./s1. The molecule has 1 aromatic rings. The van der Waals surface area contributed by atoms with Crippen molar-refractivity contribution in [3.8, 4) is 5.75 Å². The smallest absolute Gasteiger partial charge is 0.143 e. The Hall–Kier alpha value is -1.000. The highest BCUT2D eigenvalue weighted by molar-refractivity contribution is 5.85. The van der Waals surface area contributed by atoms with Crippen LogP contribution in [0, 0.1) is 5.82 Å². The van der Waals surface area contributed by atoms with Crippen molar-refractivity contribution in [2.75, 3.05) is 5.73 Å². The lowest BCUT2D eigenvalue weighted by molar-refractivity contribution is 0.463. The molecule has 0 saturated heterocycles. The molecule has 3 nitrogen and oxygen atoms in total. The first-order valence-electron chi connectivity index (χ1n) is 3.56. The molecule has 1 aromatic carbocycles. The highest BCUT2D eigenvalue weighted by atomic mass is 35.5. The number of phenolic OH excluding ortho intramolecular Hbond substituents is 1. The van der Waals surface area contributed by atoms with E-state index in [-0.39, 0.29) is 23.8 Å². The third-order valence-electron chi connectivity index (χ3n) is 1.62. The number of rotatable bonds is 1. The Kier molecular flexibility index (Phi) is 3.97. The number of anilines is 1. The van der Waals surface area contributed by atoms with Gasteiger partial charge in [-0.3, -0.25) is 0 Å². The van der Waals surface area contributed by atoms with E-state index in [2.05, 4.69) is 0 Å². The molecule has 1 atom stereocenters. The van der Waals surface area contributed by atoms with E-state index in [0.717, 1.165) is 6.07 Å². The minimum atomic E-state index is -0.488. The molecule has 0 spiro atoms. The summed E-state index contributed by atoms with van der Waals surface area (Å²) in [5.41, 5.74) is 11.1. The Morgan fingerprint density at radius 2 is 2.00 bits per heavy atom. The lowest BCUT2D eigenvalue weighted by Crippen LogP contribution is -2.06. The van der Waals surface area contributed by atoms with Crippen molar-refractivity contribution in [2.45, 2.75) is 13.0 Å². The topological polar surface area (TPSA) is 72.3 Å². The number of aromatic hydroxyl groups is 1. The van der Waals surface area contributed by atoms with Crippen LogP contribution in [0.1, 0.15) is 18.5 Å². The molecule has 0 bridgehead atoms. The van der Waals surface area contributed by atoms with Crippen LogP contribution in [0.3, 0.4) is 0 Å². The summed E-state index contributed by atoms with van der Waals surface area (Å²) in [5, 5.41) is 9.32. The number of phenols is 1. The average molecular weight is 207 g/mol. The van der Waals surface area contributed by atoms with Gasteiger partial charge in [0.15, 0.2) is 0 Å². The van der Waals surface area contributed by atoms with Gasteiger partial charge in [-0.15, -0.1) is 12.4 Å². The van der Waals surface area contributed by atoms with E-state index in [9.17, 15) is 9.50 Å². The normalized spacial score (nSPS) is 11.9. The quantitative estimate of drug-likeness (QED) is 0.482. The number of benzene rings is 1. The lowest BCUT2D eigenvalue weighted by atomic mass is 10.1. The average Bonchev–Trinajstić information content (AvgIpc) is 1.96. The summed E-state index contributed by atoms with van der Waals surface area (Å²) in [4.78, 5) is 0. The van der Waals surface area contributed by atoms with Crippen LogP contribution in [0.4, 0.5) is 10.1 Å². The summed E-state index contributed by atoms with van der Waals surface area (Å²) in [7, 11) is 0. The molecule has 0 saturated carbocycles. The van der Waals surface area contributed by atoms with Crippen LogP contribution in [0.15, 0.2) is 12.1 Å². The molecule has 0 amide bonds. The van der Waals surface area contributed by atoms with Gasteiger partial charge in [0.25, 0.3) is 0 Å². The van der Waals surface area contributed by atoms with E-state index in [1.165, 1.54) is 6.07 Å². The second-order valence-electron chi connectivity index (χ2n) is 2.72. The maximum Gasteiger partial charge on any atom is 0.143 e. The van der Waals surface area contributed by atoms with E-state index < -0.39 is 11.9 Å². The lowest BCUT2D eigenvalue weighted by Gasteiger charge is -2.09. The SMILES string of the molecule is C[C@H](N)c1cc(F)cc(N)c1O.Cl. The monoisotopic (exact) mass is 206 g/mol. The summed E-state index contributed by atoms with van der Waals surface area (Å²) in [6.07, 6.45) is 0. The molecule has 0 fully saturated rings. The van der Waals surface area contributed by atoms with Gasteiger partial charge in [0.05, 0.1) is 5.69 Å². The van der Waals surface area contributed by atoms with Crippen LogP contribution in [0.25, 0.3) is 0 Å². The van der Waals surface area contributed by atoms with Gasteiger partial charge in [0, 0.05) is 17.7 Å². The van der Waals surface area contributed by atoms with Crippen LogP contribution in [-0.2, 0) is 0 Å². The van der Waals surface area contributed by atoms with E-state index in [0.29, 0.717) is 5.56 Å². The summed E-state index contributed by atoms with van der Waals surface area (Å²) >= 11 is 0. The Balaban J connectivity index is 0.00000144. The van der Waals surface area contributed by atoms with Crippen LogP contribution in [0.5, 0.6) is 5.75 Å². The highest BCUT2D eigenvalue weighted by Crippen LogP contribution is 2.29. The van der Waals surface area contributed by atoms with Crippen molar-refractivity contribution in [3.05, 3.63) is 23.5 Å². The van der Waals surface area contributed by atoms with Crippen molar-refractivity contribution in [3.63, 3.8) is 0 Å². The van der Waals surface area contributed by atoms with Crippen molar-refractivity contribution >= 4 is 18.1 Å². The van der Waals surface area contributed by atoms with Crippen molar-refractivity contribution in [1.29, 1.82) is 0 Å². The van der Waals surface area contributed by atoms with Crippen LogP contribution < -0.4 is 11.5 Å². The van der Waals surface area contributed by atoms with Gasteiger partial charge in [-0.2, -0.15) is 0 Å². The zero-order valence-electron chi connectivity index (χ0n) is 7.12. The van der Waals surface area contributed by atoms with E-state index >= 15 is 0 Å². The summed E-state index contributed by atoms with van der Waals surface area (Å²) in [6.45, 7) is 1.65. The number of hydrogen-bond acceptors (Lipinski definition) is 3. The summed E-state index contributed by atoms with van der Waals surface area (Å²) in [5.74, 6) is -0.621. The molecule has 0 aliphatic rings. The predicted octanol–water partition coefficient (Wildman–Crippen LogP) is 1.56. The molecule has 0 radical (unpaired) electrons. The third-order valence-corrected chi connectivity index (χ3v) is 1.62. The predicted molar refractivity (Wildman–Crippen MR) is 52.3 cm³/mol. The van der Waals surface area contributed by atoms with E-state index in [4.69, 9.17) is 11.5 Å². The largest absolute Gasteiger partial charge is 0.505 e. The molecule has 0 aromatic heterocycles. The Morgan fingerprint density at radius 1 is 1.46 bits per heavy atom. The number of nitrogens with two attached hydrogens (primary N) is 2. The molecule has 5 heteroatoms. The fourth-order valence-corrected chi connectivity index (χ4v) is 0.989. The Bertz CT molecular complexity index is 304. The minimum absolute atomic E-state index is 0. The molecule has 1 rings (SSSR count). The second-order valence-corrected chi connectivity index (χ2v) is 2.72. The van der Waals surface area contributed by atoms with Gasteiger partial charge in [0.2, 0.25) is 0 Å². The van der Waals surface area contributed by atoms with Gasteiger partial charge in [-0.1, -0.05) is 0 Å². The van der Waals surface area contributed by atoms with Crippen molar-refractivity contribution in [1.82, 2.24) is 0 Å². The summed E-state index contributed by atoms with van der Waals surface area (Å²) < 4.78 is 12.7. The first-order chi connectivity index (χ1) is 5.52. The highest BCUT2D eigenvalue weighted by Gasteiger charge is 2.10. The zero-order chi connectivity index (χ0) is 9.30. The number of nitrogen functional groups attached to an aromatic ring is 1. The van der Waals surface area contributed by atoms with Gasteiger partial charge < -0.3 is 16.6 Å². The van der Waals surface area contributed by atoms with Crippen LogP contribution >= 0.6 is 12.4 Å². The fourth-order valence-electron chi connectivity index (χ4n) is 0.989. The van der Waals surface area contributed by atoms with E-state index in [1.807, 2.05) is 0 Å². The van der Waals surface area contributed by atoms with E-state index in [1.54, 1.807) is 6.92 Å². The maximum atomic E-state index is 12.7.